The zero-order valence-electron chi connectivity index (χ0n) is 22.2. The molecule has 1 N–H and O–H groups in total. The normalized spacial score (nSPS) is 20.0. The summed E-state index contributed by atoms with van der Waals surface area (Å²) in [5.74, 6) is 6.47. The molecule has 1 aliphatic heterocycles. The van der Waals surface area contributed by atoms with Crippen LogP contribution in [0.2, 0.25) is 0 Å². The van der Waals surface area contributed by atoms with E-state index < -0.39 is 22.2 Å². The van der Waals surface area contributed by atoms with Gasteiger partial charge in [-0.25, -0.2) is 8.42 Å². The molecule has 9 heteroatoms. The number of aliphatic hydroxyl groups excluding tert-OH is 1. The van der Waals surface area contributed by atoms with Crippen LogP contribution in [0.15, 0.2) is 47.5 Å². The number of benzene rings is 1. The molecule has 3 rings (SSSR count). The molecule has 0 spiro atoms. The van der Waals surface area contributed by atoms with Gasteiger partial charge in [0.1, 0.15) is 16.7 Å². The minimum Gasteiger partial charge on any atom is -0.487 e. The smallest absolute Gasteiger partial charge is 0.247 e. The number of nitrogens with zero attached hydrogens (tertiary/aromatic N) is 3. The molecule has 1 aromatic carbocycles. The Kier molecular flexibility index (Phi) is 9.71. The lowest BCUT2D eigenvalue weighted by molar-refractivity contribution is -0.130. The van der Waals surface area contributed by atoms with Crippen molar-refractivity contribution >= 4 is 15.9 Å². The van der Waals surface area contributed by atoms with Crippen LogP contribution in [0.4, 0.5) is 0 Å². The minimum atomic E-state index is -3.94. The average molecular weight is 528 g/mol. The number of amides is 1. The number of sulfonamides is 1. The molecular weight excluding hydrogens is 490 g/mol. The number of aromatic nitrogens is 1. The van der Waals surface area contributed by atoms with Crippen LogP contribution in [-0.2, 0) is 21.2 Å². The fourth-order valence-electron chi connectivity index (χ4n) is 4.04. The van der Waals surface area contributed by atoms with E-state index in [0.717, 1.165) is 6.42 Å². The van der Waals surface area contributed by atoms with Gasteiger partial charge in [-0.3, -0.25) is 9.78 Å². The lowest BCUT2D eigenvalue weighted by Gasteiger charge is -2.37. The van der Waals surface area contributed by atoms with Crippen molar-refractivity contribution in [2.45, 2.75) is 57.6 Å². The summed E-state index contributed by atoms with van der Waals surface area (Å²) in [5, 5.41) is 9.81. The summed E-state index contributed by atoms with van der Waals surface area (Å²) in [7, 11) is -2.23. The van der Waals surface area contributed by atoms with Gasteiger partial charge >= 0.3 is 0 Å². The first-order valence-electron chi connectivity index (χ1n) is 12.6. The quantitative estimate of drug-likeness (QED) is 0.556. The van der Waals surface area contributed by atoms with E-state index in [9.17, 15) is 18.3 Å². The highest BCUT2D eigenvalue weighted by Crippen LogP contribution is 2.34. The Morgan fingerprint density at radius 3 is 2.68 bits per heavy atom. The van der Waals surface area contributed by atoms with Gasteiger partial charge in [0.2, 0.25) is 15.9 Å². The summed E-state index contributed by atoms with van der Waals surface area (Å²) < 4.78 is 34.9. The molecule has 8 nitrogen and oxygen atoms in total. The van der Waals surface area contributed by atoms with E-state index in [4.69, 9.17) is 4.74 Å². The summed E-state index contributed by atoms with van der Waals surface area (Å²) in [5.41, 5.74) is 1.33. The maximum atomic E-state index is 13.6. The van der Waals surface area contributed by atoms with Crippen LogP contribution in [0.25, 0.3) is 0 Å². The molecular formula is C28H37N3O5S. The van der Waals surface area contributed by atoms with Crippen molar-refractivity contribution in [3.05, 3.63) is 53.9 Å². The van der Waals surface area contributed by atoms with Gasteiger partial charge in [0, 0.05) is 49.4 Å². The molecule has 1 amide bonds. The van der Waals surface area contributed by atoms with E-state index in [0.29, 0.717) is 17.2 Å². The molecule has 0 radical (unpaired) electrons. The SMILES string of the molecule is CC(C)CC#Cc1ccc2c(c1)O[C@H](CN(C)C(=O)Cc1ccccn1)[C@H](C)CN([C@@H](C)CO)S2(=O)=O. The molecule has 1 aromatic heterocycles. The zero-order chi connectivity index (χ0) is 27.2. The largest absolute Gasteiger partial charge is 0.487 e. The van der Waals surface area contributed by atoms with Crippen molar-refractivity contribution in [3.8, 4) is 17.6 Å². The summed E-state index contributed by atoms with van der Waals surface area (Å²) in [4.78, 5) is 18.8. The van der Waals surface area contributed by atoms with Crippen LogP contribution in [0.5, 0.6) is 5.75 Å². The van der Waals surface area contributed by atoms with Crippen LogP contribution >= 0.6 is 0 Å². The fourth-order valence-corrected chi connectivity index (χ4v) is 5.87. The molecule has 0 fully saturated rings. The molecule has 3 atom stereocenters. The van der Waals surface area contributed by atoms with Crippen molar-refractivity contribution in [1.82, 2.24) is 14.2 Å². The first-order valence-corrected chi connectivity index (χ1v) is 14.0. The third-order valence-electron chi connectivity index (χ3n) is 6.35. The molecule has 200 valence electrons. The van der Waals surface area contributed by atoms with E-state index in [1.807, 2.05) is 13.0 Å². The first-order chi connectivity index (χ1) is 17.5. The third-order valence-corrected chi connectivity index (χ3v) is 8.37. The van der Waals surface area contributed by atoms with E-state index in [1.165, 1.54) is 10.4 Å². The summed E-state index contributed by atoms with van der Waals surface area (Å²) >= 11 is 0. The number of likely N-dealkylation sites (N-methyl/N-ethyl adjacent to an activating group) is 1. The Labute approximate surface area is 220 Å². The van der Waals surface area contributed by atoms with Gasteiger partial charge in [-0.1, -0.05) is 38.7 Å². The second-order valence-electron chi connectivity index (χ2n) is 10.1. The summed E-state index contributed by atoms with van der Waals surface area (Å²) in [6.45, 7) is 7.83. The summed E-state index contributed by atoms with van der Waals surface area (Å²) in [6.07, 6.45) is 2.05. The molecule has 0 saturated heterocycles. The van der Waals surface area contributed by atoms with E-state index >= 15 is 0 Å². The van der Waals surface area contributed by atoms with E-state index in [-0.39, 0.29) is 48.6 Å². The van der Waals surface area contributed by atoms with Crippen molar-refractivity contribution in [2.75, 3.05) is 26.7 Å². The molecule has 0 unspecified atom stereocenters. The fraction of sp³-hybridized carbons (Fsp3) is 0.500. The predicted octanol–water partition coefficient (Wildman–Crippen LogP) is 2.95. The van der Waals surface area contributed by atoms with Gasteiger partial charge in [-0.15, -0.1) is 0 Å². The predicted molar refractivity (Wildman–Crippen MR) is 142 cm³/mol. The Hall–Kier alpha value is -2.93. The molecule has 1 aliphatic rings. The van der Waals surface area contributed by atoms with Crippen molar-refractivity contribution in [2.24, 2.45) is 11.8 Å². The standard InChI is InChI=1S/C28H37N3O5S/c1-20(2)9-8-10-23-12-13-27-25(15-23)36-26(21(3)17-31(22(4)19-32)37(27,34)35)18-30(5)28(33)16-24-11-6-7-14-29-24/h6-7,11-15,20-22,26,32H,9,16-19H2,1-5H3/t21-,22+,26-/m1/s1. The average Bonchev–Trinajstić information content (AvgIpc) is 2.86. The van der Waals surface area contributed by atoms with Gasteiger partial charge in [-0.2, -0.15) is 4.31 Å². The lowest BCUT2D eigenvalue weighted by Crippen LogP contribution is -2.50. The Balaban J connectivity index is 1.95. The molecule has 37 heavy (non-hydrogen) atoms. The minimum absolute atomic E-state index is 0.0292. The number of aliphatic hydroxyl groups is 1. The Bertz CT molecular complexity index is 1240. The van der Waals surface area contributed by atoms with Crippen molar-refractivity contribution < 1.29 is 23.1 Å². The van der Waals surface area contributed by atoms with E-state index in [2.05, 4.69) is 30.7 Å². The number of carbonyl (C=O) groups excluding carboxylic acids is 1. The van der Waals surface area contributed by atoms with Crippen LogP contribution in [-0.4, -0.2) is 72.5 Å². The van der Waals surface area contributed by atoms with Crippen molar-refractivity contribution in [1.29, 1.82) is 0 Å². The topological polar surface area (TPSA) is 100 Å². The van der Waals surface area contributed by atoms with Crippen LogP contribution < -0.4 is 4.74 Å². The van der Waals surface area contributed by atoms with Gasteiger partial charge in [0.15, 0.2) is 0 Å². The maximum absolute atomic E-state index is 13.6. The molecule has 0 saturated carbocycles. The second-order valence-corrected chi connectivity index (χ2v) is 11.9. The lowest BCUT2D eigenvalue weighted by atomic mass is 10.0. The van der Waals surface area contributed by atoms with Crippen LogP contribution in [0, 0.1) is 23.7 Å². The molecule has 0 bridgehead atoms. The van der Waals surface area contributed by atoms with Crippen LogP contribution in [0.1, 0.15) is 45.4 Å². The third kappa shape index (κ3) is 7.31. The van der Waals surface area contributed by atoms with Crippen molar-refractivity contribution in [3.63, 3.8) is 0 Å². The summed E-state index contributed by atoms with van der Waals surface area (Å²) in [6, 6.07) is 9.68. The highest BCUT2D eigenvalue weighted by molar-refractivity contribution is 7.89. The number of rotatable bonds is 7. The number of pyridine rings is 1. The second kappa shape index (κ2) is 12.5. The van der Waals surface area contributed by atoms with Gasteiger partial charge in [0.25, 0.3) is 0 Å². The van der Waals surface area contributed by atoms with Gasteiger partial charge < -0.3 is 14.7 Å². The van der Waals surface area contributed by atoms with Crippen LogP contribution in [0.3, 0.4) is 0 Å². The van der Waals surface area contributed by atoms with Gasteiger partial charge in [0.05, 0.1) is 19.6 Å². The zero-order valence-corrected chi connectivity index (χ0v) is 23.0. The molecule has 0 aliphatic carbocycles. The van der Waals surface area contributed by atoms with Gasteiger partial charge in [-0.05, 0) is 43.2 Å². The number of ether oxygens (including phenoxy) is 1. The maximum Gasteiger partial charge on any atom is 0.247 e. The Morgan fingerprint density at radius 1 is 1.27 bits per heavy atom. The number of fused-ring (bicyclic) bond motifs is 1. The monoisotopic (exact) mass is 527 g/mol. The highest BCUT2D eigenvalue weighted by atomic mass is 32.2. The van der Waals surface area contributed by atoms with E-state index in [1.54, 1.807) is 49.3 Å². The first kappa shape index (κ1) is 28.6. The molecule has 2 heterocycles. The number of hydrogen-bond acceptors (Lipinski definition) is 6. The Morgan fingerprint density at radius 2 is 2.03 bits per heavy atom. The molecule has 2 aromatic rings. The number of hydrogen-bond donors (Lipinski definition) is 1. The highest BCUT2D eigenvalue weighted by Gasteiger charge is 2.38. The number of carbonyl (C=O) groups is 1.